The number of nitro benzene ring substituents is 1. The fraction of sp³-hybridized carbons (Fsp3) is 0.250. The molecule has 30 heavy (non-hydrogen) atoms. The number of nitro groups is 1. The molecule has 2 aromatic rings. The molecule has 0 saturated carbocycles. The Kier molecular flexibility index (Phi) is 5.67. The second-order valence-corrected chi connectivity index (χ2v) is 6.93. The third-order valence-corrected chi connectivity index (χ3v) is 4.52. The summed E-state index contributed by atoms with van der Waals surface area (Å²) in [6.45, 7) is 1.92. The Hall–Kier alpha value is -3.95. The molecule has 10 nitrogen and oxygen atoms in total. The number of anilines is 2. The predicted molar refractivity (Wildman–Crippen MR) is 106 cm³/mol. The summed E-state index contributed by atoms with van der Waals surface area (Å²) < 4.78 is 10.1. The van der Waals surface area contributed by atoms with Gasteiger partial charge in [0.15, 0.2) is 19.0 Å². The molecule has 10 heteroatoms. The van der Waals surface area contributed by atoms with Gasteiger partial charge in [-0.3, -0.25) is 24.6 Å². The summed E-state index contributed by atoms with van der Waals surface area (Å²) in [6, 6.07) is 12.4. The molecule has 0 radical (unpaired) electrons. The molecule has 0 aromatic heterocycles. The lowest BCUT2D eigenvalue weighted by atomic mass is 9.96. The average molecular weight is 413 g/mol. The third kappa shape index (κ3) is 4.07. The molecule has 0 unspecified atom stereocenters. The van der Waals surface area contributed by atoms with Crippen LogP contribution in [-0.2, 0) is 19.1 Å². The molecule has 0 spiro atoms. The molecule has 0 aliphatic carbocycles. The summed E-state index contributed by atoms with van der Waals surface area (Å²) in [5.74, 6) is -1.94. The molecule has 0 saturated heterocycles. The van der Waals surface area contributed by atoms with Gasteiger partial charge in [0.1, 0.15) is 5.54 Å². The zero-order valence-corrected chi connectivity index (χ0v) is 16.3. The fourth-order valence-corrected chi connectivity index (χ4v) is 3.01. The molecule has 1 aliphatic rings. The molecular formula is C20H19N3O7. The maximum atomic E-state index is 12.8. The number of rotatable bonds is 6. The summed E-state index contributed by atoms with van der Waals surface area (Å²) in [5.41, 5.74) is -0.529. The van der Waals surface area contributed by atoms with Crippen molar-refractivity contribution < 1.29 is 28.8 Å². The monoisotopic (exact) mass is 413 g/mol. The van der Waals surface area contributed by atoms with Crippen LogP contribution in [0.15, 0.2) is 48.5 Å². The van der Waals surface area contributed by atoms with E-state index in [0.717, 1.165) is 0 Å². The molecule has 1 heterocycles. The van der Waals surface area contributed by atoms with E-state index >= 15 is 0 Å². The van der Waals surface area contributed by atoms with E-state index in [1.165, 1.54) is 29.2 Å². The van der Waals surface area contributed by atoms with Gasteiger partial charge in [-0.15, -0.1) is 0 Å². The standard InChI is InChI=1S/C20H19N3O7/c1-20(2)19(26)21-13-7-3-4-8-14(13)22(20)17(24)11-30-18(25)12-29-16-10-6-5-9-15(16)23(27)28/h3-10H,11-12H2,1-2H3,(H,21,26). The number of nitrogens with zero attached hydrogens (tertiary/aromatic N) is 2. The highest BCUT2D eigenvalue weighted by molar-refractivity contribution is 6.14. The van der Waals surface area contributed by atoms with Gasteiger partial charge in [0.25, 0.3) is 5.91 Å². The Morgan fingerprint density at radius 3 is 2.50 bits per heavy atom. The summed E-state index contributed by atoms with van der Waals surface area (Å²) in [5, 5.41) is 13.7. The van der Waals surface area contributed by atoms with E-state index in [1.807, 2.05) is 0 Å². The van der Waals surface area contributed by atoms with Crippen LogP contribution in [0.4, 0.5) is 17.1 Å². The first kappa shape index (κ1) is 20.8. The van der Waals surface area contributed by atoms with E-state index < -0.39 is 35.6 Å². The molecular weight excluding hydrogens is 394 g/mol. The van der Waals surface area contributed by atoms with Crippen molar-refractivity contribution in [1.29, 1.82) is 0 Å². The van der Waals surface area contributed by atoms with Gasteiger partial charge in [-0.05, 0) is 32.0 Å². The lowest BCUT2D eigenvalue weighted by Gasteiger charge is -2.41. The van der Waals surface area contributed by atoms with Crippen LogP contribution in [0.3, 0.4) is 0 Å². The minimum Gasteiger partial charge on any atom is -0.475 e. The van der Waals surface area contributed by atoms with E-state index in [-0.39, 0.29) is 17.3 Å². The lowest BCUT2D eigenvalue weighted by Crippen LogP contribution is -2.59. The quantitative estimate of drug-likeness (QED) is 0.437. The Labute approximate surface area is 171 Å². The van der Waals surface area contributed by atoms with Gasteiger partial charge in [-0.2, -0.15) is 0 Å². The largest absolute Gasteiger partial charge is 0.475 e. The molecule has 0 fully saturated rings. The van der Waals surface area contributed by atoms with Crippen molar-refractivity contribution in [2.75, 3.05) is 23.4 Å². The summed E-state index contributed by atoms with van der Waals surface area (Å²) >= 11 is 0. The minimum atomic E-state index is -1.20. The Morgan fingerprint density at radius 1 is 1.10 bits per heavy atom. The summed E-state index contributed by atoms with van der Waals surface area (Å²) in [6.07, 6.45) is 0. The van der Waals surface area contributed by atoms with Crippen LogP contribution >= 0.6 is 0 Å². The van der Waals surface area contributed by atoms with Crippen LogP contribution < -0.4 is 15.0 Å². The topological polar surface area (TPSA) is 128 Å². The number of nitrogens with one attached hydrogen (secondary N) is 1. The number of carbonyl (C=O) groups excluding carboxylic acids is 3. The van der Waals surface area contributed by atoms with Gasteiger partial charge in [-0.1, -0.05) is 24.3 Å². The van der Waals surface area contributed by atoms with Gasteiger partial charge < -0.3 is 14.8 Å². The number of para-hydroxylation sites is 4. The maximum Gasteiger partial charge on any atom is 0.344 e. The molecule has 3 rings (SSSR count). The number of esters is 1. The SMILES string of the molecule is CC1(C)C(=O)Nc2ccccc2N1C(=O)COC(=O)COc1ccccc1[N+](=O)[O-]. The van der Waals surface area contributed by atoms with Gasteiger partial charge >= 0.3 is 11.7 Å². The van der Waals surface area contributed by atoms with Gasteiger partial charge in [0.2, 0.25) is 5.91 Å². The van der Waals surface area contributed by atoms with E-state index in [0.29, 0.717) is 11.4 Å². The van der Waals surface area contributed by atoms with Gasteiger partial charge in [-0.25, -0.2) is 4.79 Å². The number of amides is 2. The van der Waals surface area contributed by atoms with E-state index in [1.54, 1.807) is 38.1 Å². The van der Waals surface area contributed by atoms with E-state index in [2.05, 4.69) is 5.32 Å². The van der Waals surface area contributed by atoms with E-state index in [9.17, 15) is 24.5 Å². The van der Waals surface area contributed by atoms with Crippen molar-refractivity contribution >= 4 is 34.8 Å². The van der Waals surface area contributed by atoms with Crippen molar-refractivity contribution in [3.05, 3.63) is 58.6 Å². The van der Waals surface area contributed by atoms with Crippen molar-refractivity contribution in [1.82, 2.24) is 0 Å². The van der Waals surface area contributed by atoms with Crippen LogP contribution in [0.2, 0.25) is 0 Å². The second kappa shape index (κ2) is 8.19. The van der Waals surface area contributed by atoms with Crippen LogP contribution in [0.25, 0.3) is 0 Å². The molecule has 2 amide bonds. The molecule has 2 aromatic carbocycles. The first-order chi connectivity index (χ1) is 14.2. The molecule has 156 valence electrons. The molecule has 0 bridgehead atoms. The third-order valence-electron chi connectivity index (χ3n) is 4.52. The fourth-order valence-electron chi connectivity index (χ4n) is 3.01. The summed E-state index contributed by atoms with van der Waals surface area (Å²) in [7, 11) is 0. The van der Waals surface area contributed by atoms with Crippen molar-refractivity contribution in [2.45, 2.75) is 19.4 Å². The van der Waals surface area contributed by atoms with Crippen LogP contribution in [-0.4, -0.2) is 41.5 Å². The highest BCUT2D eigenvalue weighted by atomic mass is 16.6. The lowest BCUT2D eigenvalue weighted by molar-refractivity contribution is -0.385. The number of benzene rings is 2. The Balaban J connectivity index is 1.65. The highest BCUT2D eigenvalue weighted by Gasteiger charge is 2.43. The number of fused-ring (bicyclic) bond motifs is 1. The Morgan fingerprint density at radius 2 is 1.77 bits per heavy atom. The molecule has 0 atom stereocenters. The molecule has 1 aliphatic heterocycles. The van der Waals surface area contributed by atoms with Crippen molar-refractivity contribution in [3.8, 4) is 5.75 Å². The first-order valence-corrected chi connectivity index (χ1v) is 8.97. The number of hydrogen-bond donors (Lipinski definition) is 1. The van der Waals surface area contributed by atoms with Crippen LogP contribution in [0.5, 0.6) is 5.75 Å². The second-order valence-electron chi connectivity index (χ2n) is 6.93. The zero-order chi connectivity index (χ0) is 21.9. The smallest absolute Gasteiger partial charge is 0.344 e. The van der Waals surface area contributed by atoms with Gasteiger partial charge in [0, 0.05) is 6.07 Å². The summed E-state index contributed by atoms with van der Waals surface area (Å²) in [4.78, 5) is 48.8. The number of hydrogen-bond acceptors (Lipinski definition) is 7. The number of ether oxygens (including phenoxy) is 2. The zero-order valence-electron chi connectivity index (χ0n) is 16.3. The molecule has 1 N–H and O–H groups in total. The number of carbonyl (C=O) groups is 3. The Bertz CT molecular complexity index is 1020. The average Bonchev–Trinajstić information content (AvgIpc) is 2.71. The maximum absolute atomic E-state index is 12.8. The van der Waals surface area contributed by atoms with Crippen molar-refractivity contribution in [3.63, 3.8) is 0 Å². The van der Waals surface area contributed by atoms with Crippen LogP contribution in [0.1, 0.15) is 13.8 Å². The normalized spacial score (nSPS) is 14.3. The highest BCUT2D eigenvalue weighted by Crippen LogP contribution is 2.36. The minimum absolute atomic E-state index is 0.0893. The predicted octanol–water partition coefficient (Wildman–Crippen LogP) is 2.28. The van der Waals surface area contributed by atoms with Gasteiger partial charge in [0.05, 0.1) is 16.3 Å². The van der Waals surface area contributed by atoms with Crippen LogP contribution in [0, 0.1) is 10.1 Å². The van der Waals surface area contributed by atoms with Crippen molar-refractivity contribution in [2.24, 2.45) is 0 Å². The van der Waals surface area contributed by atoms with E-state index in [4.69, 9.17) is 9.47 Å². The first-order valence-electron chi connectivity index (χ1n) is 8.97.